The first-order valence-electron chi connectivity index (χ1n) is 6.83. The van der Waals surface area contributed by atoms with Gasteiger partial charge in [-0.2, -0.15) is 5.26 Å². The van der Waals surface area contributed by atoms with Gasteiger partial charge in [-0.25, -0.2) is 0 Å². The zero-order chi connectivity index (χ0) is 13.0. The molecule has 2 saturated carbocycles. The van der Waals surface area contributed by atoms with Gasteiger partial charge in [0.2, 0.25) is 0 Å². The molecule has 2 fully saturated rings. The molecule has 3 nitrogen and oxygen atoms in total. The average Bonchev–Trinajstić information content (AvgIpc) is 2.83. The van der Waals surface area contributed by atoms with E-state index < -0.39 is 5.54 Å². The number of carbonyl (C=O) groups is 1. The van der Waals surface area contributed by atoms with E-state index >= 15 is 0 Å². The first kappa shape index (κ1) is 10.8. The maximum absolute atomic E-state index is 12.4. The van der Waals surface area contributed by atoms with E-state index in [1.807, 2.05) is 12.2 Å². The lowest BCUT2D eigenvalue weighted by molar-refractivity contribution is -0.118. The number of allylic oxidation sites excluding steroid dienone is 6. The molecule has 0 bridgehead atoms. The number of rotatable bonds is 2. The van der Waals surface area contributed by atoms with Crippen molar-refractivity contribution >= 4 is 5.91 Å². The fraction of sp³-hybridized carbons (Fsp3) is 0.375. The summed E-state index contributed by atoms with van der Waals surface area (Å²) in [6, 6.07) is 2.30. The highest BCUT2D eigenvalue weighted by molar-refractivity contribution is 6.02. The van der Waals surface area contributed by atoms with E-state index in [-0.39, 0.29) is 5.91 Å². The highest BCUT2D eigenvalue weighted by atomic mass is 16.1. The third-order valence-corrected chi connectivity index (χ3v) is 4.54. The fourth-order valence-electron chi connectivity index (χ4n) is 3.36. The van der Waals surface area contributed by atoms with Crippen LogP contribution in [0.5, 0.6) is 0 Å². The Hall–Kier alpha value is -2.08. The molecule has 1 N–H and O–H groups in total. The van der Waals surface area contributed by atoms with Crippen molar-refractivity contribution in [1.29, 1.82) is 5.26 Å². The predicted molar refractivity (Wildman–Crippen MR) is 70.8 cm³/mol. The largest absolute Gasteiger partial charge is 0.334 e. The number of carbonyl (C=O) groups excluding carboxylic acids is 1. The number of nitrogens with one attached hydrogen (secondary N) is 1. The molecule has 0 saturated heterocycles. The van der Waals surface area contributed by atoms with E-state index in [1.165, 1.54) is 16.7 Å². The first-order chi connectivity index (χ1) is 9.22. The van der Waals surface area contributed by atoms with Crippen molar-refractivity contribution in [2.24, 2.45) is 0 Å². The Kier molecular flexibility index (Phi) is 1.98. The monoisotopic (exact) mass is 250 g/mol. The van der Waals surface area contributed by atoms with Gasteiger partial charge in [0, 0.05) is 5.57 Å². The van der Waals surface area contributed by atoms with Crippen molar-refractivity contribution in [2.45, 2.75) is 37.6 Å². The van der Waals surface area contributed by atoms with Crippen LogP contribution in [-0.4, -0.2) is 11.4 Å². The minimum atomic E-state index is -0.636. The zero-order valence-corrected chi connectivity index (χ0v) is 10.6. The Bertz CT molecular complexity index is 661. The molecule has 3 heteroatoms. The summed E-state index contributed by atoms with van der Waals surface area (Å²) in [6.45, 7) is 0. The number of hydrogen-bond donors (Lipinski definition) is 1. The van der Waals surface area contributed by atoms with Gasteiger partial charge in [-0.1, -0.05) is 6.08 Å². The molecule has 0 unspecified atom stereocenters. The molecule has 0 aromatic rings. The third-order valence-electron chi connectivity index (χ3n) is 4.54. The Morgan fingerprint density at radius 1 is 1.26 bits per heavy atom. The van der Waals surface area contributed by atoms with Gasteiger partial charge in [0.25, 0.3) is 5.91 Å². The Morgan fingerprint density at radius 3 is 2.79 bits per heavy atom. The summed E-state index contributed by atoms with van der Waals surface area (Å²) in [5, 5.41) is 12.3. The second-order valence-corrected chi connectivity index (χ2v) is 5.75. The fourth-order valence-corrected chi connectivity index (χ4v) is 3.36. The molecule has 4 rings (SSSR count). The number of nitriles is 1. The molecule has 0 aliphatic heterocycles. The van der Waals surface area contributed by atoms with Crippen LogP contribution in [0.25, 0.3) is 0 Å². The number of fused-ring (bicyclic) bond motifs is 2. The van der Waals surface area contributed by atoms with Crippen molar-refractivity contribution in [2.75, 3.05) is 0 Å². The van der Waals surface area contributed by atoms with Gasteiger partial charge < -0.3 is 5.32 Å². The van der Waals surface area contributed by atoms with Gasteiger partial charge >= 0.3 is 0 Å². The Balaban J connectivity index is 1.62. The molecule has 19 heavy (non-hydrogen) atoms. The van der Waals surface area contributed by atoms with Crippen molar-refractivity contribution in [3.8, 4) is 6.07 Å². The molecule has 1 amide bonds. The Labute approximate surface area is 112 Å². The summed E-state index contributed by atoms with van der Waals surface area (Å²) in [5.74, 6) is -0.0940. The highest BCUT2D eigenvalue weighted by Gasteiger charge is 2.39. The van der Waals surface area contributed by atoms with Gasteiger partial charge in [-0.3, -0.25) is 4.79 Å². The molecule has 0 atom stereocenters. The van der Waals surface area contributed by atoms with Gasteiger partial charge in [0.05, 0.1) is 6.07 Å². The van der Waals surface area contributed by atoms with Crippen molar-refractivity contribution in [1.82, 2.24) is 5.32 Å². The molecule has 0 aromatic carbocycles. The van der Waals surface area contributed by atoms with Crippen LogP contribution in [0.2, 0.25) is 0 Å². The van der Waals surface area contributed by atoms with Crippen LogP contribution in [0.4, 0.5) is 0 Å². The average molecular weight is 250 g/mol. The standard InChI is InChI=1S/C16H14N2O/c17-9-16(5-1-2-6-16)18-15(19)12-4-3-11-13-7-10(13)8-14(11)12/h3-4,8H,1-2,5-7H2,(H,18,19). The first-order valence-corrected chi connectivity index (χ1v) is 6.83. The van der Waals surface area contributed by atoms with Crippen LogP contribution in [-0.2, 0) is 4.79 Å². The maximum Gasteiger partial charge on any atom is 0.253 e. The van der Waals surface area contributed by atoms with Gasteiger partial charge in [0.1, 0.15) is 5.54 Å². The van der Waals surface area contributed by atoms with E-state index in [0.29, 0.717) is 0 Å². The summed E-state index contributed by atoms with van der Waals surface area (Å²) in [5.41, 5.74) is 5.13. The zero-order valence-electron chi connectivity index (χ0n) is 10.6. The van der Waals surface area contributed by atoms with Crippen molar-refractivity contribution < 1.29 is 4.79 Å². The predicted octanol–water partition coefficient (Wildman–Crippen LogP) is 2.45. The van der Waals surface area contributed by atoms with E-state index in [4.69, 9.17) is 0 Å². The van der Waals surface area contributed by atoms with Crippen molar-refractivity contribution in [3.05, 3.63) is 46.1 Å². The molecular formula is C16H14N2O. The molecule has 4 aliphatic carbocycles. The van der Waals surface area contributed by atoms with E-state index in [2.05, 4.69) is 17.5 Å². The third kappa shape index (κ3) is 1.46. The summed E-state index contributed by atoms with van der Waals surface area (Å²) < 4.78 is 0. The summed E-state index contributed by atoms with van der Waals surface area (Å²) >= 11 is 0. The van der Waals surface area contributed by atoms with Crippen molar-refractivity contribution in [3.63, 3.8) is 0 Å². The quantitative estimate of drug-likeness (QED) is 0.818. The van der Waals surface area contributed by atoms with Crippen LogP contribution >= 0.6 is 0 Å². The highest BCUT2D eigenvalue weighted by Crippen LogP contribution is 2.51. The lowest BCUT2D eigenvalue weighted by Crippen LogP contribution is -2.45. The molecule has 4 aliphatic rings. The van der Waals surface area contributed by atoms with Crippen LogP contribution in [0, 0.1) is 11.3 Å². The normalized spacial score (nSPS) is 25.1. The SMILES string of the molecule is N#CC1(NC(=O)C2=C3C=C4CC4=C3C=C2)CCCC1. The smallest absolute Gasteiger partial charge is 0.253 e. The topological polar surface area (TPSA) is 52.9 Å². The summed E-state index contributed by atoms with van der Waals surface area (Å²) in [4.78, 5) is 12.4. The second-order valence-electron chi connectivity index (χ2n) is 5.75. The summed E-state index contributed by atoms with van der Waals surface area (Å²) in [7, 11) is 0. The van der Waals surface area contributed by atoms with Gasteiger partial charge in [-0.05, 0) is 66.5 Å². The summed E-state index contributed by atoms with van der Waals surface area (Å²) in [6.07, 6.45) is 10.7. The second kappa shape index (κ2) is 3.48. The van der Waals surface area contributed by atoms with Gasteiger partial charge in [0.15, 0.2) is 0 Å². The maximum atomic E-state index is 12.4. The van der Waals surface area contributed by atoms with E-state index in [0.717, 1.165) is 43.3 Å². The van der Waals surface area contributed by atoms with E-state index in [1.54, 1.807) is 0 Å². The molecule has 0 radical (unpaired) electrons. The minimum Gasteiger partial charge on any atom is -0.334 e. The van der Waals surface area contributed by atoms with Crippen LogP contribution in [0.1, 0.15) is 32.1 Å². The lowest BCUT2D eigenvalue weighted by atomic mass is 9.98. The molecule has 0 heterocycles. The van der Waals surface area contributed by atoms with Gasteiger partial charge in [-0.15, -0.1) is 0 Å². The number of nitrogens with zero attached hydrogens (tertiary/aromatic N) is 1. The molecule has 0 aromatic heterocycles. The minimum absolute atomic E-state index is 0.0940. The Morgan fingerprint density at radius 2 is 2.05 bits per heavy atom. The van der Waals surface area contributed by atoms with E-state index in [9.17, 15) is 10.1 Å². The van der Waals surface area contributed by atoms with Crippen LogP contribution in [0.3, 0.4) is 0 Å². The number of hydrogen-bond acceptors (Lipinski definition) is 2. The van der Waals surface area contributed by atoms with Crippen LogP contribution < -0.4 is 5.32 Å². The molecule has 0 spiro atoms. The van der Waals surface area contributed by atoms with Crippen LogP contribution in [0.15, 0.2) is 46.1 Å². The molecule has 94 valence electrons. The molecular weight excluding hydrogens is 236 g/mol. The lowest BCUT2D eigenvalue weighted by Gasteiger charge is -2.22. The number of amides is 1.